The predicted molar refractivity (Wildman–Crippen MR) is 48.5 cm³/mol. The van der Waals surface area contributed by atoms with Crippen molar-refractivity contribution in [2.24, 2.45) is 5.41 Å². The van der Waals surface area contributed by atoms with Crippen molar-refractivity contribution in [1.29, 1.82) is 0 Å². The van der Waals surface area contributed by atoms with Crippen molar-refractivity contribution in [3.63, 3.8) is 0 Å². The summed E-state index contributed by atoms with van der Waals surface area (Å²) < 4.78 is 36.2. The fourth-order valence-electron chi connectivity index (χ4n) is 1.63. The lowest BCUT2D eigenvalue weighted by molar-refractivity contribution is 0.139. The summed E-state index contributed by atoms with van der Waals surface area (Å²) in [6, 6.07) is 0. The van der Waals surface area contributed by atoms with Gasteiger partial charge in [-0.15, -0.1) is 0 Å². The van der Waals surface area contributed by atoms with Crippen molar-refractivity contribution < 1.29 is 12.9 Å². The first-order valence-electron chi connectivity index (χ1n) is 4.72. The molecule has 1 nitrogen and oxygen atoms in total. The second-order valence-corrected chi connectivity index (χ2v) is 4.68. The summed E-state index contributed by atoms with van der Waals surface area (Å²) in [5.41, 5.74) is 0.231. The van der Waals surface area contributed by atoms with Crippen LogP contribution >= 0.6 is 0 Å². The minimum absolute atomic E-state index is 0.231. The molecule has 1 aliphatic rings. The molecule has 0 saturated carbocycles. The first kappa shape index (κ1) is 10.9. The molecule has 0 aliphatic carbocycles. The van der Waals surface area contributed by atoms with E-state index in [1.165, 1.54) is 4.90 Å². The number of likely N-dealkylation sites (tertiary alicyclic amines) is 1. The van der Waals surface area contributed by atoms with Crippen molar-refractivity contribution in [2.75, 3.05) is 19.5 Å². The third-order valence-electron chi connectivity index (χ3n) is 2.67. The molecule has 1 aliphatic heterocycles. The van der Waals surface area contributed by atoms with Crippen LogP contribution in [-0.4, -0.2) is 31.4 Å². The maximum Gasteiger partial charge on any atom is 0.492 e. The Morgan fingerprint density at radius 2 is 1.62 bits per heavy atom. The normalized spacial score (nSPS) is 24.7. The second-order valence-electron chi connectivity index (χ2n) is 4.68. The summed E-state index contributed by atoms with van der Waals surface area (Å²) in [5, 5.41) is 0. The average Bonchev–Trinajstić information content (AvgIpc) is 1.91. The van der Waals surface area contributed by atoms with Crippen molar-refractivity contribution in [3.05, 3.63) is 0 Å². The number of hydrogen-bond acceptors (Lipinski definition) is 1. The Kier molecular flexibility index (Phi) is 2.95. The fourth-order valence-corrected chi connectivity index (χ4v) is 1.63. The van der Waals surface area contributed by atoms with Gasteiger partial charge in [-0.05, 0) is 37.8 Å². The molecule has 5 heteroatoms. The van der Waals surface area contributed by atoms with Gasteiger partial charge in [-0.2, -0.15) is 0 Å². The zero-order valence-corrected chi connectivity index (χ0v) is 8.19. The number of halogens is 3. The summed E-state index contributed by atoms with van der Waals surface area (Å²) >= 11 is 0. The zero-order valence-electron chi connectivity index (χ0n) is 8.19. The maximum atomic E-state index is 12.1. The molecule has 13 heavy (non-hydrogen) atoms. The first-order valence-corrected chi connectivity index (χ1v) is 4.72. The first-order chi connectivity index (χ1) is 5.79. The van der Waals surface area contributed by atoms with Crippen LogP contribution in [0.5, 0.6) is 0 Å². The van der Waals surface area contributed by atoms with Gasteiger partial charge in [0.25, 0.3) is 0 Å². The molecule has 0 aromatic heterocycles. The minimum atomic E-state index is -4.64. The van der Waals surface area contributed by atoms with Gasteiger partial charge in [0.2, 0.25) is 0 Å². The van der Waals surface area contributed by atoms with E-state index in [9.17, 15) is 12.9 Å². The van der Waals surface area contributed by atoms with Crippen LogP contribution in [0.1, 0.15) is 26.7 Å². The smallest absolute Gasteiger partial charge is 0.448 e. The van der Waals surface area contributed by atoms with Crippen LogP contribution in [0.25, 0.3) is 0 Å². The Bertz CT molecular complexity index is 169. The van der Waals surface area contributed by atoms with Crippen molar-refractivity contribution >= 4 is 6.98 Å². The molecule has 0 aromatic rings. The molecule has 0 unspecified atom stereocenters. The zero-order chi connectivity index (χ0) is 10.1. The Morgan fingerprint density at radius 1 is 1.15 bits per heavy atom. The Labute approximate surface area is 77.4 Å². The second kappa shape index (κ2) is 3.52. The van der Waals surface area contributed by atoms with Crippen LogP contribution in [0.2, 0.25) is 0 Å². The van der Waals surface area contributed by atoms with Gasteiger partial charge in [0.05, 0.1) is 0 Å². The van der Waals surface area contributed by atoms with Gasteiger partial charge in [0.15, 0.2) is 0 Å². The van der Waals surface area contributed by atoms with Crippen LogP contribution in [-0.2, 0) is 0 Å². The van der Waals surface area contributed by atoms with E-state index in [4.69, 9.17) is 0 Å². The van der Waals surface area contributed by atoms with Crippen LogP contribution in [0.4, 0.5) is 12.9 Å². The molecule has 0 bridgehead atoms. The Hall–Kier alpha value is -0.185. The lowest BCUT2D eigenvalue weighted by Crippen LogP contribution is -2.44. The van der Waals surface area contributed by atoms with Crippen LogP contribution in [0.15, 0.2) is 0 Å². The van der Waals surface area contributed by atoms with E-state index in [0.717, 1.165) is 12.8 Å². The topological polar surface area (TPSA) is 3.24 Å². The number of nitrogens with zero attached hydrogens (tertiary/aromatic N) is 1. The lowest BCUT2D eigenvalue weighted by Gasteiger charge is -2.39. The van der Waals surface area contributed by atoms with Crippen molar-refractivity contribution in [1.82, 2.24) is 4.90 Å². The third-order valence-corrected chi connectivity index (χ3v) is 2.67. The molecular formula is C8H16BF3N-. The molecule has 0 atom stereocenters. The van der Waals surface area contributed by atoms with E-state index < -0.39 is 13.4 Å². The molecule has 0 amide bonds. The molecule has 0 radical (unpaired) electrons. The van der Waals surface area contributed by atoms with E-state index in [2.05, 4.69) is 13.8 Å². The maximum absolute atomic E-state index is 12.1. The third kappa shape index (κ3) is 4.03. The molecule has 0 spiro atoms. The van der Waals surface area contributed by atoms with Crippen LogP contribution < -0.4 is 0 Å². The molecular weight excluding hydrogens is 178 g/mol. The Morgan fingerprint density at radius 3 is 2.00 bits per heavy atom. The molecule has 1 rings (SSSR count). The lowest BCUT2D eigenvalue weighted by atomic mass is 9.81. The minimum Gasteiger partial charge on any atom is -0.448 e. The van der Waals surface area contributed by atoms with E-state index in [1.54, 1.807) is 0 Å². The summed E-state index contributed by atoms with van der Waals surface area (Å²) in [5.74, 6) is 0. The highest BCUT2D eigenvalue weighted by molar-refractivity contribution is 6.58. The van der Waals surface area contributed by atoms with E-state index in [0.29, 0.717) is 13.1 Å². The summed E-state index contributed by atoms with van der Waals surface area (Å²) in [7, 11) is 0. The average molecular weight is 194 g/mol. The van der Waals surface area contributed by atoms with E-state index >= 15 is 0 Å². The van der Waals surface area contributed by atoms with Gasteiger partial charge in [-0.3, -0.25) is 0 Å². The van der Waals surface area contributed by atoms with Crippen LogP contribution in [0.3, 0.4) is 0 Å². The van der Waals surface area contributed by atoms with Gasteiger partial charge >= 0.3 is 6.98 Å². The SMILES string of the molecule is CC1(C)CCN(C[B-](F)(F)F)CC1. The predicted octanol–water partition coefficient (Wildman–Crippen LogP) is 2.50. The number of hydrogen-bond donors (Lipinski definition) is 0. The largest absolute Gasteiger partial charge is 0.492 e. The highest BCUT2D eigenvalue weighted by atomic mass is 19.4. The van der Waals surface area contributed by atoms with Crippen molar-refractivity contribution in [3.8, 4) is 0 Å². The molecule has 0 N–H and O–H groups in total. The number of rotatable bonds is 2. The standard InChI is InChI=1S/C8H16BF3N/c1-8(2)3-5-13(6-4-8)7-9(10,11)12/h3-7H2,1-2H3/q-1. The molecule has 1 saturated heterocycles. The van der Waals surface area contributed by atoms with E-state index in [1.807, 2.05) is 0 Å². The van der Waals surface area contributed by atoms with Gasteiger partial charge in [-0.25, -0.2) is 0 Å². The highest BCUT2D eigenvalue weighted by Crippen LogP contribution is 2.30. The van der Waals surface area contributed by atoms with Gasteiger partial charge < -0.3 is 17.8 Å². The monoisotopic (exact) mass is 194 g/mol. The van der Waals surface area contributed by atoms with E-state index in [-0.39, 0.29) is 5.41 Å². The quantitative estimate of drug-likeness (QED) is 0.610. The van der Waals surface area contributed by atoms with Crippen LogP contribution in [0, 0.1) is 5.41 Å². The summed E-state index contributed by atoms with van der Waals surface area (Å²) in [6.45, 7) is 0.775. The summed E-state index contributed by atoms with van der Waals surface area (Å²) in [4.78, 5) is 1.52. The van der Waals surface area contributed by atoms with Gasteiger partial charge in [-0.1, -0.05) is 13.8 Å². The molecule has 78 valence electrons. The molecule has 1 fully saturated rings. The number of piperidine rings is 1. The summed E-state index contributed by atoms with van der Waals surface area (Å²) in [6.07, 6.45) is 1.06. The molecule has 1 heterocycles. The van der Waals surface area contributed by atoms with Gasteiger partial charge in [0, 0.05) is 0 Å². The highest BCUT2D eigenvalue weighted by Gasteiger charge is 2.31. The van der Waals surface area contributed by atoms with Gasteiger partial charge in [0.1, 0.15) is 0 Å². The van der Waals surface area contributed by atoms with Crippen molar-refractivity contribution in [2.45, 2.75) is 26.7 Å². The Balaban J connectivity index is 2.34. The fraction of sp³-hybridized carbons (Fsp3) is 1.00. The molecule has 0 aromatic carbocycles.